The van der Waals surface area contributed by atoms with Gasteiger partial charge in [-0.3, -0.25) is 9.78 Å². The van der Waals surface area contributed by atoms with Gasteiger partial charge in [-0.25, -0.2) is 0 Å². The van der Waals surface area contributed by atoms with E-state index in [1.807, 2.05) is 41.3 Å². The number of benzene rings is 2. The summed E-state index contributed by atoms with van der Waals surface area (Å²) in [7, 11) is 0. The molecule has 0 fully saturated rings. The summed E-state index contributed by atoms with van der Waals surface area (Å²) in [5.74, 6) is -0.0256. The summed E-state index contributed by atoms with van der Waals surface area (Å²) in [6.07, 6.45) is 4.11. The van der Waals surface area contributed by atoms with Crippen molar-refractivity contribution in [2.75, 3.05) is 6.54 Å². The average Bonchev–Trinajstić information content (AvgIpc) is 3.12. The first-order chi connectivity index (χ1) is 13.7. The van der Waals surface area contributed by atoms with Gasteiger partial charge in [-0.1, -0.05) is 41.9 Å². The van der Waals surface area contributed by atoms with Crippen LogP contribution >= 0.6 is 11.6 Å². The van der Waals surface area contributed by atoms with E-state index in [1.165, 1.54) is 10.9 Å². The maximum absolute atomic E-state index is 13.3. The lowest BCUT2D eigenvalue weighted by Gasteiger charge is -2.36. The number of hydrogen-bond donors (Lipinski definition) is 1. The third-order valence-corrected chi connectivity index (χ3v) is 5.60. The van der Waals surface area contributed by atoms with E-state index >= 15 is 0 Å². The van der Waals surface area contributed by atoms with Gasteiger partial charge < -0.3 is 9.88 Å². The number of carbonyl (C=O) groups excluding carboxylic acids is 1. The van der Waals surface area contributed by atoms with E-state index in [1.54, 1.807) is 18.5 Å². The Labute approximate surface area is 167 Å². The minimum Gasteiger partial charge on any atom is -0.356 e. The van der Waals surface area contributed by atoms with Gasteiger partial charge >= 0.3 is 0 Å². The number of pyridine rings is 1. The third kappa shape index (κ3) is 2.77. The van der Waals surface area contributed by atoms with E-state index in [4.69, 9.17) is 11.6 Å². The van der Waals surface area contributed by atoms with E-state index in [0.717, 1.165) is 23.2 Å². The van der Waals surface area contributed by atoms with Crippen molar-refractivity contribution >= 4 is 28.4 Å². The second-order valence-corrected chi connectivity index (χ2v) is 7.45. The van der Waals surface area contributed by atoms with Gasteiger partial charge in [-0.15, -0.1) is 0 Å². The van der Waals surface area contributed by atoms with Crippen LogP contribution in [-0.2, 0) is 6.42 Å². The quantitative estimate of drug-likeness (QED) is 0.526. The molecule has 0 saturated carbocycles. The molecular weight excluding hydrogens is 370 g/mol. The molecule has 0 spiro atoms. The first-order valence-electron chi connectivity index (χ1n) is 9.28. The number of hydrogen-bond acceptors (Lipinski definition) is 2. The molecule has 138 valence electrons. The van der Waals surface area contributed by atoms with Gasteiger partial charge in [0.2, 0.25) is 0 Å². The van der Waals surface area contributed by atoms with Crippen LogP contribution in [0.3, 0.4) is 0 Å². The van der Waals surface area contributed by atoms with Crippen LogP contribution in [-0.4, -0.2) is 27.3 Å². The summed E-state index contributed by atoms with van der Waals surface area (Å²) in [5, 5.41) is 1.88. The summed E-state index contributed by atoms with van der Waals surface area (Å²) in [6, 6.07) is 19.4. The largest absolute Gasteiger partial charge is 0.356 e. The SMILES string of the molecule is O=C(c1cccnc1)N1CCc2c([nH]c3ccccc23)C1c1cccc(Cl)c1. The fourth-order valence-electron chi connectivity index (χ4n) is 4.14. The Morgan fingerprint density at radius 3 is 2.82 bits per heavy atom. The molecule has 2 aromatic carbocycles. The fraction of sp³-hybridized carbons (Fsp3) is 0.130. The van der Waals surface area contributed by atoms with Crippen LogP contribution in [0.15, 0.2) is 73.1 Å². The van der Waals surface area contributed by atoms with Gasteiger partial charge in [-0.05, 0) is 47.9 Å². The molecule has 1 amide bonds. The van der Waals surface area contributed by atoms with Crippen LogP contribution in [0.2, 0.25) is 5.02 Å². The second kappa shape index (κ2) is 6.80. The van der Waals surface area contributed by atoms with Gasteiger partial charge in [0.15, 0.2) is 0 Å². The number of carbonyl (C=O) groups is 1. The Kier molecular flexibility index (Phi) is 4.14. The fourth-order valence-corrected chi connectivity index (χ4v) is 4.34. The molecule has 2 aromatic heterocycles. The smallest absolute Gasteiger partial charge is 0.256 e. The highest BCUT2D eigenvalue weighted by Gasteiger charge is 2.35. The summed E-state index contributed by atoms with van der Waals surface area (Å²) < 4.78 is 0. The molecule has 1 unspecified atom stereocenters. The van der Waals surface area contributed by atoms with Gasteiger partial charge in [-0.2, -0.15) is 0 Å². The van der Waals surface area contributed by atoms with Crippen molar-refractivity contribution in [3.05, 3.63) is 100 Å². The zero-order valence-electron chi connectivity index (χ0n) is 15.1. The topological polar surface area (TPSA) is 49.0 Å². The lowest BCUT2D eigenvalue weighted by Crippen LogP contribution is -2.40. The van der Waals surface area contributed by atoms with Crippen molar-refractivity contribution in [3.63, 3.8) is 0 Å². The van der Waals surface area contributed by atoms with Crippen LogP contribution in [0, 0.1) is 0 Å². The number of aromatic nitrogens is 2. The molecule has 1 aliphatic heterocycles. The molecule has 1 aliphatic rings. The van der Waals surface area contributed by atoms with E-state index in [9.17, 15) is 4.79 Å². The molecule has 4 aromatic rings. The Balaban J connectivity index is 1.68. The Bertz CT molecular complexity index is 1170. The molecule has 3 heterocycles. The van der Waals surface area contributed by atoms with Gasteiger partial charge in [0.05, 0.1) is 11.6 Å². The third-order valence-electron chi connectivity index (χ3n) is 5.37. The Hall–Kier alpha value is -3.11. The van der Waals surface area contributed by atoms with Crippen LogP contribution in [0.5, 0.6) is 0 Å². The number of H-pyrrole nitrogens is 1. The van der Waals surface area contributed by atoms with E-state index in [2.05, 4.69) is 28.2 Å². The zero-order valence-corrected chi connectivity index (χ0v) is 15.9. The molecule has 5 heteroatoms. The van der Waals surface area contributed by atoms with Gasteiger partial charge in [0.1, 0.15) is 0 Å². The first-order valence-corrected chi connectivity index (χ1v) is 9.66. The molecule has 28 heavy (non-hydrogen) atoms. The molecule has 1 atom stereocenters. The average molecular weight is 388 g/mol. The molecule has 5 rings (SSSR count). The van der Waals surface area contributed by atoms with Crippen LogP contribution in [0.1, 0.15) is 33.2 Å². The molecule has 0 saturated heterocycles. The molecule has 1 N–H and O–H groups in total. The highest BCUT2D eigenvalue weighted by molar-refractivity contribution is 6.30. The number of nitrogens with zero attached hydrogens (tertiary/aromatic N) is 2. The summed E-state index contributed by atoms with van der Waals surface area (Å²) in [6.45, 7) is 0.639. The number of aromatic amines is 1. The van der Waals surface area contributed by atoms with E-state index < -0.39 is 0 Å². The highest BCUT2D eigenvalue weighted by atomic mass is 35.5. The monoisotopic (exact) mass is 387 g/mol. The molecule has 4 nitrogen and oxygen atoms in total. The minimum atomic E-state index is -0.220. The number of rotatable bonds is 2. The van der Waals surface area contributed by atoms with Gasteiger partial charge in [0.25, 0.3) is 5.91 Å². The number of halogens is 1. The van der Waals surface area contributed by atoms with Crippen molar-refractivity contribution in [2.24, 2.45) is 0 Å². The molecular formula is C23H18ClN3O. The molecule has 0 aliphatic carbocycles. The number of nitrogens with one attached hydrogen (secondary N) is 1. The van der Waals surface area contributed by atoms with E-state index in [-0.39, 0.29) is 11.9 Å². The summed E-state index contributed by atoms with van der Waals surface area (Å²) >= 11 is 6.29. The normalized spacial score (nSPS) is 16.2. The summed E-state index contributed by atoms with van der Waals surface area (Å²) in [4.78, 5) is 22.9. The molecule has 0 radical (unpaired) electrons. The number of para-hydroxylation sites is 1. The van der Waals surface area contributed by atoms with Crippen molar-refractivity contribution in [3.8, 4) is 0 Å². The number of fused-ring (bicyclic) bond motifs is 3. The van der Waals surface area contributed by atoms with Crippen molar-refractivity contribution in [1.82, 2.24) is 14.9 Å². The van der Waals surface area contributed by atoms with E-state index in [0.29, 0.717) is 17.1 Å². The predicted octanol–water partition coefficient (Wildman–Crippen LogP) is 5.00. The Morgan fingerprint density at radius 1 is 1.11 bits per heavy atom. The lowest BCUT2D eigenvalue weighted by molar-refractivity contribution is 0.0691. The maximum atomic E-state index is 13.3. The first kappa shape index (κ1) is 17.0. The number of amides is 1. The zero-order chi connectivity index (χ0) is 19.1. The predicted molar refractivity (Wildman–Crippen MR) is 111 cm³/mol. The lowest BCUT2D eigenvalue weighted by atomic mass is 9.92. The van der Waals surface area contributed by atoms with Gasteiger partial charge in [0, 0.05) is 40.6 Å². The van der Waals surface area contributed by atoms with Crippen LogP contribution in [0.25, 0.3) is 10.9 Å². The van der Waals surface area contributed by atoms with Crippen molar-refractivity contribution in [1.29, 1.82) is 0 Å². The Morgan fingerprint density at radius 2 is 2.00 bits per heavy atom. The maximum Gasteiger partial charge on any atom is 0.256 e. The van der Waals surface area contributed by atoms with Crippen LogP contribution < -0.4 is 0 Å². The second-order valence-electron chi connectivity index (χ2n) is 7.01. The van der Waals surface area contributed by atoms with Crippen LogP contribution in [0.4, 0.5) is 0 Å². The standard InChI is InChI=1S/C23H18ClN3O/c24-17-7-3-5-15(13-17)22-21-19(18-8-1-2-9-20(18)26-21)10-12-27(22)23(28)16-6-4-11-25-14-16/h1-9,11,13-14,22,26H,10,12H2. The van der Waals surface area contributed by atoms with Crippen molar-refractivity contribution in [2.45, 2.75) is 12.5 Å². The highest BCUT2D eigenvalue weighted by Crippen LogP contribution is 2.39. The summed E-state index contributed by atoms with van der Waals surface area (Å²) in [5.41, 5.74) is 5.02. The minimum absolute atomic E-state index is 0.0256. The van der Waals surface area contributed by atoms with Crippen molar-refractivity contribution < 1.29 is 4.79 Å². The molecule has 0 bridgehead atoms.